The van der Waals surface area contributed by atoms with Crippen molar-refractivity contribution in [1.29, 1.82) is 0 Å². The third-order valence-electron chi connectivity index (χ3n) is 5.24. The number of ketones is 1. The molecule has 1 heteroatoms. The number of carbonyl (C=O) groups is 1. The van der Waals surface area contributed by atoms with Gasteiger partial charge in [-0.1, -0.05) is 78.9 Å². The lowest BCUT2D eigenvalue weighted by atomic mass is 10.0. The van der Waals surface area contributed by atoms with E-state index in [1.807, 2.05) is 6.07 Å². The lowest BCUT2D eigenvalue weighted by molar-refractivity contribution is 0.0994. The molecule has 4 rings (SSSR count). The monoisotopic (exact) mass is 352 g/mol. The number of carbonyl (C=O) groups excluding carboxylic acids is 1. The van der Waals surface area contributed by atoms with Gasteiger partial charge in [0.1, 0.15) is 0 Å². The zero-order chi connectivity index (χ0) is 18.5. The van der Waals surface area contributed by atoms with Crippen LogP contribution in [0.1, 0.15) is 51.0 Å². The Morgan fingerprint density at radius 2 is 1.52 bits per heavy atom. The van der Waals surface area contributed by atoms with Crippen molar-refractivity contribution in [2.24, 2.45) is 0 Å². The Bertz CT molecular complexity index is 949. The molecule has 0 N–H and O–H groups in total. The van der Waals surface area contributed by atoms with Crippen LogP contribution in [0.5, 0.6) is 0 Å². The second kappa shape index (κ2) is 8.18. The van der Waals surface area contributed by atoms with Crippen LogP contribution in [-0.4, -0.2) is 5.78 Å². The fourth-order valence-corrected chi connectivity index (χ4v) is 3.68. The second-order valence-corrected chi connectivity index (χ2v) is 7.26. The minimum Gasteiger partial charge on any atom is -0.294 e. The van der Waals surface area contributed by atoms with E-state index in [0.29, 0.717) is 6.42 Å². The normalized spacial score (nSPS) is 13.3. The Morgan fingerprint density at radius 3 is 2.33 bits per heavy atom. The summed E-state index contributed by atoms with van der Waals surface area (Å²) in [4.78, 5) is 11.9. The first-order valence-electron chi connectivity index (χ1n) is 9.72. The van der Waals surface area contributed by atoms with Crippen LogP contribution in [0.3, 0.4) is 0 Å². The summed E-state index contributed by atoms with van der Waals surface area (Å²) in [7, 11) is 0. The number of allylic oxidation sites excluding steroid dienone is 1. The van der Waals surface area contributed by atoms with Gasteiger partial charge in [0.05, 0.1) is 0 Å². The minimum atomic E-state index is 0.288. The zero-order valence-electron chi connectivity index (χ0n) is 15.5. The van der Waals surface area contributed by atoms with Crippen molar-refractivity contribution in [3.8, 4) is 0 Å². The van der Waals surface area contributed by atoms with E-state index < -0.39 is 0 Å². The number of fused-ring (bicyclic) bond motifs is 1. The summed E-state index contributed by atoms with van der Waals surface area (Å²) in [6.45, 7) is 0. The van der Waals surface area contributed by atoms with E-state index in [0.717, 1.165) is 36.8 Å². The Morgan fingerprint density at radius 1 is 0.778 bits per heavy atom. The standard InChI is InChI=1S/C26H24O/c27-26-17-16-24-15-14-22(19-25(24)26)9-5-4-6-20-10-12-23(13-11-20)18-21-7-2-1-3-8-21/h1-3,5,7-15,19H,4,6,16-18H2/b9-5+. The smallest absolute Gasteiger partial charge is 0.163 e. The van der Waals surface area contributed by atoms with Crippen LogP contribution in [0.15, 0.2) is 78.9 Å². The number of hydrogen-bond donors (Lipinski definition) is 0. The Balaban J connectivity index is 1.31. The molecule has 0 aromatic heterocycles. The molecule has 0 heterocycles. The number of aryl methyl sites for hydroxylation is 2. The van der Waals surface area contributed by atoms with E-state index >= 15 is 0 Å². The van der Waals surface area contributed by atoms with Gasteiger partial charge in [0.15, 0.2) is 5.78 Å². The van der Waals surface area contributed by atoms with Gasteiger partial charge in [-0.05, 0) is 59.6 Å². The van der Waals surface area contributed by atoms with Gasteiger partial charge in [-0.3, -0.25) is 4.79 Å². The first-order chi connectivity index (χ1) is 13.3. The maximum absolute atomic E-state index is 11.9. The predicted molar refractivity (Wildman–Crippen MR) is 112 cm³/mol. The highest BCUT2D eigenvalue weighted by Gasteiger charge is 2.18. The molecule has 134 valence electrons. The molecule has 0 spiro atoms. The van der Waals surface area contributed by atoms with Crippen LogP contribution in [0.25, 0.3) is 6.08 Å². The summed E-state index contributed by atoms with van der Waals surface area (Å²) in [6, 6.07) is 25.8. The molecule has 3 aromatic rings. The maximum atomic E-state index is 11.9. The molecule has 0 radical (unpaired) electrons. The van der Waals surface area contributed by atoms with Crippen LogP contribution in [0, 0.1) is 0 Å². The molecular weight excluding hydrogens is 328 g/mol. The van der Waals surface area contributed by atoms with Crippen LogP contribution in [0.4, 0.5) is 0 Å². The lowest BCUT2D eigenvalue weighted by Crippen LogP contribution is -1.91. The highest BCUT2D eigenvalue weighted by atomic mass is 16.1. The van der Waals surface area contributed by atoms with Crippen molar-refractivity contribution >= 4 is 11.9 Å². The van der Waals surface area contributed by atoms with E-state index in [4.69, 9.17) is 0 Å². The number of hydrogen-bond acceptors (Lipinski definition) is 1. The van der Waals surface area contributed by atoms with Gasteiger partial charge >= 0.3 is 0 Å². The molecule has 0 unspecified atom stereocenters. The van der Waals surface area contributed by atoms with E-state index in [1.165, 1.54) is 22.3 Å². The largest absolute Gasteiger partial charge is 0.294 e. The van der Waals surface area contributed by atoms with Gasteiger partial charge in [0.2, 0.25) is 0 Å². The van der Waals surface area contributed by atoms with Crippen LogP contribution in [-0.2, 0) is 19.3 Å². The molecule has 0 atom stereocenters. The van der Waals surface area contributed by atoms with Crippen LogP contribution in [0.2, 0.25) is 0 Å². The predicted octanol–water partition coefficient (Wildman–Crippen LogP) is 6.05. The van der Waals surface area contributed by atoms with Crippen LogP contribution < -0.4 is 0 Å². The Kier molecular flexibility index (Phi) is 5.29. The fraction of sp³-hybridized carbons (Fsp3) is 0.192. The second-order valence-electron chi connectivity index (χ2n) is 7.26. The molecule has 1 aliphatic carbocycles. The zero-order valence-corrected chi connectivity index (χ0v) is 15.5. The van der Waals surface area contributed by atoms with Crippen molar-refractivity contribution < 1.29 is 4.79 Å². The first-order valence-corrected chi connectivity index (χ1v) is 9.72. The molecule has 0 saturated heterocycles. The van der Waals surface area contributed by atoms with Crippen molar-refractivity contribution in [2.45, 2.75) is 32.1 Å². The molecule has 27 heavy (non-hydrogen) atoms. The highest BCUT2D eigenvalue weighted by molar-refractivity contribution is 6.00. The summed E-state index contributed by atoms with van der Waals surface area (Å²) < 4.78 is 0. The van der Waals surface area contributed by atoms with Gasteiger partial charge in [0, 0.05) is 12.0 Å². The summed E-state index contributed by atoms with van der Waals surface area (Å²) in [5.41, 5.74) is 7.31. The molecule has 1 aliphatic rings. The van der Waals surface area contributed by atoms with E-state index in [1.54, 1.807) is 0 Å². The topological polar surface area (TPSA) is 17.1 Å². The quantitative estimate of drug-likeness (QED) is 0.527. The SMILES string of the molecule is O=C1CCc2ccc(/C=C/CCc3ccc(Cc4ccccc4)cc3)cc21. The maximum Gasteiger partial charge on any atom is 0.163 e. The Hall–Kier alpha value is -2.93. The molecule has 1 nitrogen and oxygen atoms in total. The molecule has 3 aromatic carbocycles. The summed E-state index contributed by atoms with van der Waals surface area (Å²) in [5, 5.41) is 0. The average Bonchev–Trinajstić information content (AvgIpc) is 3.08. The number of rotatable bonds is 6. The lowest BCUT2D eigenvalue weighted by Gasteiger charge is -2.04. The molecule has 0 saturated carbocycles. The van der Waals surface area contributed by atoms with Crippen LogP contribution >= 0.6 is 0 Å². The van der Waals surface area contributed by atoms with Gasteiger partial charge in [-0.2, -0.15) is 0 Å². The van der Waals surface area contributed by atoms with Gasteiger partial charge in [0.25, 0.3) is 0 Å². The number of Topliss-reactive ketones (excluding diaryl/α,β-unsaturated/α-hetero) is 1. The minimum absolute atomic E-state index is 0.288. The Labute approximate surface area is 161 Å². The van der Waals surface area contributed by atoms with Gasteiger partial charge in [-0.15, -0.1) is 0 Å². The summed E-state index contributed by atoms with van der Waals surface area (Å²) in [6.07, 6.45) is 8.93. The van der Waals surface area contributed by atoms with E-state index in [9.17, 15) is 4.79 Å². The molecule has 0 amide bonds. The first kappa shape index (κ1) is 17.5. The fourth-order valence-electron chi connectivity index (χ4n) is 3.68. The van der Waals surface area contributed by atoms with E-state index in [-0.39, 0.29) is 5.78 Å². The molecular formula is C26H24O. The summed E-state index contributed by atoms with van der Waals surface area (Å²) in [5.74, 6) is 0.288. The van der Waals surface area contributed by atoms with Crippen molar-refractivity contribution in [3.05, 3.63) is 112 Å². The third kappa shape index (κ3) is 4.43. The molecule has 0 bridgehead atoms. The van der Waals surface area contributed by atoms with Crippen molar-refractivity contribution in [1.82, 2.24) is 0 Å². The van der Waals surface area contributed by atoms with Gasteiger partial charge in [-0.25, -0.2) is 0 Å². The number of benzene rings is 3. The van der Waals surface area contributed by atoms with Gasteiger partial charge < -0.3 is 0 Å². The molecule has 0 aliphatic heterocycles. The molecule has 0 fully saturated rings. The van der Waals surface area contributed by atoms with E-state index in [2.05, 4.69) is 78.9 Å². The third-order valence-corrected chi connectivity index (χ3v) is 5.24. The average molecular weight is 352 g/mol. The van der Waals surface area contributed by atoms with Crippen molar-refractivity contribution in [2.75, 3.05) is 0 Å². The highest BCUT2D eigenvalue weighted by Crippen LogP contribution is 2.23. The summed E-state index contributed by atoms with van der Waals surface area (Å²) >= 11 is 0. The van der Waals surface area contributed by atoms with Crippen molar-refractivity contribution in [3.63, 3.8) is 0 Å².